The van der Waals surface area contributed by atoms with Crippen molar-refractivity contribution in [2.75, 3.05) is 11.1 Å². The van der Waals surface area contributed by atoms with Crippen molar-refractivity contribution in [1.82, 2.24) is 15.4 Å². The Bertz CT molecular complexity index is 506. The molecule has 0 aliphatic carbocycles. The predicted octanol–water partition coefficient (Wildman–Crippen LogP) is 0.0874. The average Bonchev–Trinajstić information content (AvgIpc) is 2.29. The van der Waals surface area contributed by atoms with Gasteiger partial charge < -0.3 is 21.6 Å². The van der Waals surface area contributed by atoms with Crippen molar-refractivity contribution in [3.8, 4) is 0 Å². The molecule has 0 aromatic carbocycles. The number of aromatic nitrogens is 2. The third kappa shape index (κ3) is 4.14. The first-order valence-electron chi connectivity index (χ1n) is 5.22. The normalized spacial score (nSPS) is 10.1. The summed E-state index contributed by atoms with van der Waals surface area (Å²) in [5, 5.41) is 9.75. The molecule has 0 aliphatic rings. The molecule has 1 aromatic heterocycles. The Balaban J connectivity index is 2.94. The summed E-state index contributed by atoms with van der Waals surface area (Å²) >= 11 is 5.87. The second-order valence-corrected chi connectivity index (χ2v) is 4.16. The maximum Gasteiger partial charge on any atom is 0.385 e. The molecule has 0 saturated heterocycles. The average molecular weight is 288 g/mol. The minimum Gasteiger partial charge on any atom is -0.382 e. The quantitative estimate of drug-likeness (QED) is 0.298. The maximum absolute atomic E-state index is 11.6. The van der Waals surface area contributed by atoms with Crippen LogP contribution in [0.2, 0.25) is 5.15 Å². The number of guanidine groups is 1. The zero-order valence-corrected chi connectivity index (χ0v) is 11.1. The van der Waals surface area contributed by atoms with Gasteiger partial charge in [-0.1, -0.05) is 11.6 Å². The van der Waals surface area contributed by atoms with Crippen molar-refractivity contribution in [3.63, 3.8) is 0 Å². The number of nitrogens with zero attached hydrogens (tertiary/aromatic N) is 2. The molecule has 10 heteroatoms. The molecule has 0 aliphatic heterocycles. The van der Waals surface area contributed by atoms with Crippen LogP contribution in [0.4, 0.5) is 11.6 Å². The van der Waals surface area contributed by atoms with Gasteiger partial charge in [0.15, 0.2) is 22.5 Å². The molecule has 0 atom stereocenters. The SMILES string of the molecule is CC(C)Nc1nc(N)c(C(=O)ONC(=N)N)nc1Cl. The summed E-state index contributed by atoms with van der Waals surface area (Å²) in [5.41, 5.74) is 12.1. The van der Waals surface area contributed by atoms with E-state index in [1.165, 1.54) is 0 Å². The summed E-state index contributed by atoms with van der Waals surface area (Å²) in [6.07, 6.45) is 0. The molecule has 0 radical (unpaired) electrons. The van der Waals surface area contributed by atoms with Crippen LogP contribution in [0.3, 0.4) is 0 Å². The van der Waals surface area contributed by atoms with E-state index in [2.05, 4.69) is 20.1 Å². The zero-order chi connectivity index (χ0) is 14.6. The molecular formula is C9H14ClN7O2. The van der Waals surface area contributed by atoms with E-state index >= 15 is 0 Å². The Morgan fingerprint density at radius 2 is 2.11 bits per heavy atom. The number of carbonyl (C=O) groups is 1. The second kappa shape index (κ2) is 6.05. The lowest BCUT2D eigenvalue weighted by molar-refractivity contribution is 0.0376. The van der Waals surface area contributed by atoms with E-state index in [1.54, 1.807) is 0 Å². The standard InChI is InChI=1S/C9H14ClN7O2/c1-3(2)14-7-5(10)15-4(6(11)16-7)8(18)19-17-9(12)13/h3H,1-2H3,(H3,11,14,16)(H4,12,13,17). The highest BCUT2D eigenvalue weighted by Crippen LogP contribution is 2.21. The number of carbonyl (C=O) groups excluding carboxylic acids is 1. The Hall–Kier alpha value is -2.29. The van der Waals surface area contributed by atoms with Crippen molar-refractivity contribution >= 4 is 35.2 Å². The molecule has 1 rings (SSSR count). The van der Waals surface area contributed by atoms with Crippen LogP contribution in [0.15, 0.2) is 0 Å². The van der Waals surface area contributed by atoms with Gasteiger partial charge in [-0.25, -0.2) is 14.8 Å². The van der Waals surface area contributed by atoms with Gasteiger partial charge in [-0.05, 0) is 13.8 Å². The van der Waals surface area contributed by atoms with E-state index in [-0.39, 0.29) is 28.5 Å². The topological polar surface area (TPSA) is 152 Å². The molecule has 0 bridgehead atoms. The monoisotopic (exact) mass is 287 g/mol. The number of hydroxylamine groups is 1. The van der Waals surface area contributed by atoms with Crippen LogP contribution in [-0.2, 0) is 4.84 Å². The number of nitrogens with one attached hydrogen (secondary N) is 3. The maximum atomic E-state index is 11.6. The Morgan fingerprint density at radius 3 is 2.63 bits per heavy atom. The number of rotatable bonds is 3. The van der Waals surface area contributed by atoms with Crippen LogP contribution in [-0.4, -0.2) is 27.9 Å². The van der Waals surface area contributed by atoms with Gasteiger partial charge in [0.05, 0.1) is 0 Å². The number of hydrogen-bond acceptors (Lipinski definition) is 7. The summed E-state index contributed by atoms with van der Waals surface area (Å²) in [7, 11) is 0. The van der Waals surface area contributed by atoms with Crippen LogP contribution >= 0.6 is 11.6 Å². The molecule has 0 spiro atoms. The van der Waals surface area contributed by atoms with E-state index in [4.69, 9.17) is 28.5 Å². The third-order valence-electron chi connectivity index (χ3n) is 1.75. The van der Waals surface area contributed by atoms with E-state index in [1.807, 2.05) is 19.3 Å². The zero-order valence-electron chi connectivity index (χ0n) is 10.3. The molecular weight excluding hydrogens is 274 g/mol. The smallest absolute Gasteiger partial charge is 0.382 e. The fourth-order valence-corrected chi connectivity index (χ4v) is 1.27. The van der Waals surface area contributed by atoms with Crippen molar-refractivity contribution in [2.45, 2.75) is 19.9 Å². The number of nitrogens with two attached hydrogens (primary N) is 2. The summed E-state index contributed by atoms with van der Waals surface area (Å²) in [6, 6.07) is 0.0726. The van der Waals surface area contributed by atoms with E-state index < -0.39 is 11.9 Å². The summed E-state index contributed by atoms with van der Waals surface area (Å²) in [6.45, 7) is 3.76. The summed E-state index contributed by atoms with van der Waals surface area (Å²) in [5.74, 6) is -1.37. The van der Waals surface area contributed by atoms with Gasteiger partial charge in [0.1, 0.15) is 0 Å². The first-order valence-corrected chi connectivity index (χ1v) is 5.59. The van der Waals surface area contributed by atoms with Crippen LogP contribution in [0.25, 0.3) is 0 Å². The number of anilines is 2. The van der Waals surface area contributed by atoms with Gasteiger partial charge >= 0.3 is 5.97 Å². The van der Waals surface area contributed by atoms with Gasteiger partial charge in [0.2, 0.25) is 5.96 Å². The fraction of sp³-hybridized carbons (Fsp3) is 0.333. The van der Waals surface area contributed by atoms with E-state index in [0.717, 1.165) is 0 Å². The molecule has 7 N–H and O–H groups in total. The first-order chi connectivity index (χ1) is 8.81. The lowest BCUT2D eigenvalue weighted by atomic mass is 10.4. The number of halogens is 1. The fourth-order valence-electron chi connectivity index (χ4n) is 1.09. The van der Waals surface area contributed by atoms with Crippen LogP contribution < -0.4 is 22.3 Å². The first kappa shape index (κ1) is 14.8. The van der Waals surface area contributed by atoms with Gasteiger partial charge in [0.25, 0.3) is 0 Å². The molecule has 0 unspecified atom stereocenters. The minimum absolute atomic E-state index is 0.0160. The Kier molecular flexibility index (Phi) is 4.70. The second-order valence-electron chi connectivity index (χ2n) is 3.80. The number of nitrogen functional groups attached to an aromatic ring is 1. The van der Waals surface area contributed by atoms with Crippen LogP contribution in [0, 0.1) is 5.41 Å². The van der Waals surface area contributed by atoms with Gasteiger partial charge in [-0.2, -0.15) is 5.48 Å². The molecule has 0 fully saturated rings. The number of hydrogen-bond donors (Lipinski definition) is 5. The lowest BCUT2D eigenvalue weighted by Gasteiger charge is -2.12. The molecule has 104 valence electrons. The molecule has 1 aromatic rings. The molecule has 19 heavy (non-hydrogen) atoms. The van der Waals surface area contributed by atoms with E-state index in [9.17, 15) is 4.79 Å². The van der Waals surface area contributed by atoms with Crippen LogP contribution in [0.1, 0.15) is 24.3 Å². The lowest BCUT2D eigenvalue weighted by Crippen LogP contribution is -2.33. The van der Waals surface area contributed by atoms with Crippen LogP contribution in [0.5, 0.6) is 0 Å². The molecule has 1 heterocycles. The third-order valence-corrected chi connectivity index (χ3v) is 2.02. The van der Waals surface area contributed by atoms with Crippen molar-refractivity contribution in [1.29, 1.82) is 5.41 Å². The highest BCUT2D eigenvalue weighted by Gasteiger charge is 2.19. The molecule has 0 amide bonds. The molecule has 9 nitrogen and oxygen atoms in total. The minimum atomic E-state index is -0.946. The highest BCUT2D eigenvalue weighted by molar-refractivity contribution is 6.32. The van der Waals surface area contributed by atoms with E-state index in [0.29, 0.717) is 0 Å². The Morgan fingerprint density at radius 1 is 1.47 bits per heavy atom. The van der Waals surface area contributed by atoms with Crippen molar-refractivity contribution < 1.29 is 9.63 Å². The highest BCUT2D eigenvalue weighted by atomic mass is 35.5. The summed E-state index contributed by atoms with van der Waals surface area (Å²) in [4.78, 5) is 23.7. The molecule has 0 saturated carbocycles. The van der Waals surface area contributed by atoms with Crippen molar-refractivity contribution in [3.05, 3.63) is 10.8 Å². The Labute approximate surface area is 114 Å². The van der Waals surface area contributed by atoms with Gasteiger partial charge in [-0.15, -0.1) is 0 Å². The van der Waals surface area contributed by atoms with Gasteiger partial charge in [-0.3, -0.25) is 5.41 Å². The largest absolute Gasteiger partial charge is 0.385 e. The van der Waals surface area contributed by atoms with Gasteiger partial charge in [0, 0.05) is 6.04 Å². The summed E-state index contributed by atoms with van der Waals surface area (Å²) < 4.78 is 0. The van der Waals surface area contributed by atoms with Crippen molar-refractivity contribution in [2.24, 2.45) is 5.73 Å². The predicted molar refractivity (Wildman–Crippen MR) is 70.7 cm³/mol.